The second-order valence-corrected chi connectivity index (χ2v) is 6.44. The second kappa shape index (κ2) is 8.14. The molecular weight excluding hydrogens is 402 g/mol. The molecule has 0 unspecified atom stereocenters. The number of halogens is 6. The van der Waals surface area contributed by atoms with E-state index < -0.39 is 41.0 Å². The number of carbonyl (C=O) groups is 2. The van der Waals surface area contributed by atoms with Gasteiger partial charge in [0.05, 0.1) is 11.1 Å². The van der Waals surface area contributed by atoms with Gasteiger partial charge < -0.3 is 10.6 Å². The van der Waals surface area contributed by atoms with E-state index in [0.717, 1.165) is 0 Å². The lowest BCUT2D eigenvalue weighted by molar-refractivity contribution is -0.143. The smallest absolute Gasteiger partial charge is 0.318 e. The maximum Gasteiger partial charge on any atom is 0.416 e. The highest BCUT2D eigenvalue weighted by atomic mass is 19.4. The Labute approximate surface area is 161 Å². The van der Waals surface area contributed by atoms with Crippen molar-refractivity contribution in [3.63, 3.8) is 0 Å². The zero-order chi connectivity index (χ0) is 22.0. The molecule has 2 amide bonds. The van der Waals surface area contributed by atoms with Crippen LogP contribution >= 0.6 is 0 Å². The third-order valence-electron chi connectivity index (χ3n) is 3.88. The highest BCUT2D eigenvalue weighted by molar-refractivity contribution is 6.43. The first-order chi connectivity index (χ1) is 13.3. The topological polar surface area (TPSA) is 58.2 Å². The number of nitrogens with one attached hydrogen (secondary N) is 2. The number of benzene rings is 2. The fourth-order valence-electron chi connectivity index (χ4n) is 2.51. The summed E-state index contributed by atoms with van der Waals surface area (Å²) in [6.45, 7) is 3.68. The Kier molecular flexibility index (Phi) is 6.24. The van der Waals surface area contributed by atoms with Crippen molar-refractivity contribution >= 4 is 23.2 Å². The lowest BCUT2D eigenvalue weighted by Crippen LogP contribution is -2.29. The summed E-state index contributed by atoms with van der Waals surface area (Å²) in [6.07, 6.45) is -10.1. The number of anilines is 2. The number of alkyl halides is 6. The summed E-state index contributed by atoms with van der Waals surface area (Å²) in [4.78, 5) is 24.1. The minimum Gasteiger partial charge on any atom is -0.318 e. The van der Waals surface area contributed by atoms with E-state index in [1.807, 2.05) is 13.8 Å². The SMILES string of the molecule is CC(C)c1ccccc1NC(=O)C(=O)Nc1cc(C(F)(F)F)cc(C(F)(F)F)c1. The number of hydrogen-bond donors (Lipinski definition) is 2. The molecule has 156 valence electrons. The van der Waals surface area contributed by atoms with Gasteiger partial charge in [-0.1, -0.05) is 32.0 Å². The van der Waals surface area contributed by atoms with Crippen molar-refractivity contribution in [3.05, 3.63) is 59.2 Å². The molecule has 0 heterocycles. The van der Waals surface area contributed by atoms with Gasteiger partial charge in [-0.25, -0.2) is 0 Å². The van der Waals surface area contributed by atoms with E-state index in [4.69, 9.17) is 0 Å². The second-order valence-electron chi connectivity index (χ2n) is 6.44. The molecule has 0 atom stereocenters. The quantitative estimate of drug-likeness (QED) is 0.516. The molecule has 10 heteroatoms. The normalized spacial score (nSPS) is 12.0. The van der Waals surface area contributed by atoms with Gasteiger partial charge in [-0.2, -0.15) is 26.3 Å². The molecule has 0 aliphatic heterocycles. The van der Waals surface area contributed by atoms with Crippen LogP contribution in [0.1, 0.15) is 36.5 Å². The van der Waals surface area contributed by atoms with Crippen molar-refractivity contribution in [1.29, 1.82) is 0 Å². The third-order valence-corrected chi connectivity index (χ3v) is 3.88. The van der Waals surface area contributed by atoms with Gasteiger partial charge in [0.1, 0.15) is 0 Å². The Bertz CT molecular complexity index is 887. The first-order valence-corrected chi connectivity index (χ1v) is 8.29. The van der Waals surface area contributed by atoms with E-state index in [2.05, 4.69) is 5.32 Å². The summed E-state index contributed by atoms with van der Waals surface area (Å²) in [6, 6.07) is 7.11. The van der Waals surface area contributed by atoms with Crippen LogP contribution in [0.25, 0.3) is 0 Å². The van der Waals surface area contributed by atoms with Gasteiger partial charge in [0.2, 0.25) is 0 Å². The van der Waals surface area contributed by atoms with Crippen LogP contribution in [-0.2, 0) is 21.9 Å². The maximum absolute atomic E-state index is 12.9. The van der Waals surface area contributed by atoms with E-state index in [0.29, 0.717) is 23.4 Å². The largest absolute Gasteiger partial charge is 0.416 e. The Morgan fingerprint density at radius 2 is 1.28 bits per heavy atom. The number of para-hydroxylation sites is 1. The van der Waals surface area contributed by atoms with Crippen molar-refractivity contribution < 1.29 is 35.9 Å². The number of carbonyl (C=O) groups excluding carboxylic acids is 2. The highest BCUT2D eigenvalue weighted by Crippen LogP contribution is 2.37. The Morgan fingerprint density at radius 1 is 0.793 bits per heavy atom. The van der Waals surface area contributed by atoms with Crippen molar-refractivity contribution in [2.24, 2.45) is 0 Å². The molecule has 2 rings (SSSR count). The van der Waals surface area contributed by atoms with Crippen LogP contribution in [0.4, 0.5) is 37.7 Å². The van der Waals surface area contributed by atoms with Gasteiger partial charge >= 0.3 is 24.2 Å². The molecule has 0 radical (unpaired) electrons. The average Bonchev–Trinajstić information content (AvgIpc) is 2.60. The Morgan fingerprint density at radius 3 is 1.76 bits per heavy atom. The van der Waals surface area contributed by atoms with Crippen molar-refractivity contribution in [1.82, 2.24) is 0 Å². The van der Waals surface area contributed by atoms with E-state index in [1.54, 1.807) is 23.5 Å². The van der Waals surface area contributed by atoms with Gasteiger partial charge in [-0.05, 0) is 35.7 Å². The zero-order valence-electron chi connectivity index (χ0n) is 15.2. The van der Waals surface area contributed by atoms with Gasteiger partial charge in [0.25, 0.3) is 0 Å². The van der Waals surface area contributed by atoms with Gasteiger partial charge in [0.15, 0.2) is 0 Å². The fraction of sp³-hybridized carbons (Fsp3) is 0.263. The molecule has 0 spiro atoms. The van der Waals surface area contributed by atoms with Crippen LogP contribution in [-0.4, -0.2) is 11.8 Å². The lowest BCUT2D eigenvalue weighted by atomic mass is 10.0. The molecule has 2 aromatic rings. The molecular formula is C19H16F6N2O2. The first kappa shape index (κ1) is 22.3. The molecule has 0 saturated carbocycles. The molecule has 0 fully saturated rings. The first-order valence-electron chi connectivity index (χ1n) is 8.29. The molecule has 2 aromatic carbocycles. The monoisotopic (exact) mass is 418 g/mol. The highest BCUT2D eigenvalue weighted by Gasteiger charge is 2.37. The molecule has 0 aliphatic carbocycles. The minimum atomic E-state index is -5.07. The number of rotatable bonds is 3. The summed E-state index contributed by atoms with van der Waals surface area (Å²) < 4.78 is 77.3. The lowest BCUT2D eigenvalue weighted by Gasteiger charge is -2.15. The molecule has 4 nitrogen and oxygen atoms in total. The molecule has 0 aromatic heterocycles. The number of amides is 2. The zero-order valence-corrected chi connectivity index (χ0v) is 15.2. The van der Waals surface area contributed by atoms with Crippen molar-refractivity contribution in [2.75, 3.05) is 10.6 Å². The van der Waals surface area contributed by atoms with Crippen molar-refractivity contribution in [3.8, 4) is 0 Å². The van der Waals surface area contributed by atoms with Crippen LogP contribution in [0, 0.1) is 0 Å². The van der Waals surface area contributed by atoms with E-state index in [1.165, 1.54) is 6.07 Å². The Hall–Kier alpha value is -3.04. The third kappa shape index (κ3) is 5.72. The van der Waals surface area contributed by atoms with Crippen LogP contribution in [0.3, 0.4) is 0 Å². The summed E-state index contributed by atoms with van der Waals surface area (Å²) in [5.74, 6) is -2.65. The van der Waals surface area contributed by atoms with E-state index in [9.17, 15) is 35.9 Å². The molecule has 0 aliphatic rings. The number of hydrogen-bond acceptors (Lipinski definition) is 2. The van der Waals surface area contributed by atoms with Crippen molar-refractivity contribution in [2.45, 2.75) is 32.1 Å². The van der Waals surface area contributed by atoms with Crippen LogP contribution in [0.2, 0.25) is 0 Å². The summed E-state index contributed by atoms with van der Waals surface area (Å²) in [5, 5.41) is 4.09. The van der Waals surface area contributed by atoms with Gasteiger partial charge in [0, 0.05) is 11.4 Å². The summed E-state index contributed by atoms with van der Waals surface area (Å²) in [7, 11) is 0. The maximum atomic E-state index is 12.9. The molecule has 0 bridgehead atoms. The predicted octanol–water partition coefficient (Wildman–Crippen LogP) is 5.42. The van der Waals surface area contributed by atoms with Crippen LogP contribution in [0.15, 0.2) is 42.5 Å². The average molecular weight is 418 g/mol. The van der Waals surface area contributed by atoms with Crippen LogP contribution in [0.5, 0.6) is 0 Å². The van der Waals surface area contributed by atoms with E-state index in [-0.39, 0.29) is 12.0 Å². The predicted molar refractivity (Wildman–Crippen MR) is 94.2 cm³/mol. The standard InChI is InChI=1S/C19H16F6N2O2/c1-10(2)14-5-3-4-6-15(14)27-17(29)16(28)26-13-8-11(18(20,21)22)7-12(9-13)19(23,24)25/h3-10H,1-2H3,(H,26,28)(H,27,29). The van der Waals surface area contributed by atoms with Crippen LogP contribution < -0.4 is 10.6 Å². The molecule has 2 N–H and O–H groups in total. The Balaban J connectivity index is 2.27. The molecule has 29 heavy (non-hydrogen) atoms. The van der Waals surface area contributed by atoms with Gasteiger partial charge in [-0.3, -0.25) is 9.59 Å². The fourth-order valence-corrected chi connectivity index (χ4v) is 2.51. The van der Waals surface area contributed by atoms with Gasteiger partial charge in [-0.15, -0.1) is 0 Å². The summed E-state index contributed by atoms with van der Waals surface area (Å²) in [5.41, 5.74) is -3.00. The van der Waals surface area contributed by atoms with E-state index >= 15 is 0 Å². The minimum absolute atomic E-state index is 0.00706. The summed E-state index contributed by atoms with van der Waals surface area (Å²) >= 11 is 0. The molecule has 0 saturated heterocycles.